The van der Waals surface area contributed by atoms with E-state index >= 15 is 0 Å². The van der Waals surface area contributed by atoms with E-state index in [1.165, 1.54) is 36.4 Å². The molecule has 12 nitrogen and oxygen atoms in total. The molecule has 0 fully saturated rings. The van der Waals surface area contributed by atoms with Gasteiger partial charge in [0, 0.05) is 11.1 Å². The zero-order valence-corrected chi connectivity index (χ0v) is 24.6. The van der Waals surface area contributed by atoms with Crippen molar-refractivity contribution in [3.63, 3.8) is 0 Å². The van der Waals surface area contributed by atoms with Crippen molar-refractivity contribution in [1.29, 1.82) is 10.5 Å². The Bertz CT molecular complexity index is 2030. The second kappa shape index (κ2) is 14.4. The molecule has 0 unspecified atom stereocenters. The smallest absolute Gasteiger partial charge is 0.870 e. The Labute approximate surface area is 276 Å². The minimum Gasteiger partial charge on any atom is -0.870 e. The molecule has 229 valence electrons. The summed E-state index contributed by atoms with van der Waals surface area (Å²) in [5.74, 6) is -4.78. The summed E-state index contributed by atoms with van der Waals surface area (Å²) in [6, 6.07) is 28.5. The average molecular weight is 668 g/mol. The molecule has 2 aliphatic carbocycles. The van der Waals surface area contributed by atoms with Gasteiger partial charge in [0.05, 0.1) is 34.6 Å². The van der Waals surface area contributed by atoms with Crippen LogP contribution in [0.5, 0.6) is 0 Å². The van der Waals surface area contributed by atoms with Crippen LogP contribution in [0.4, 0.5) is 11.4 Å². The first kappa shape index (κ1) is 33.2. The standard InChI is InChI=1S/2C17H9N3O3.Cu/c2*18-9-10-4-3-5-11(8-10)19-20-14-15(21)12-6-1-2-7-13(12)16(22)17(14)23;/h2*1-8,21H;/q;;+2/p-2. The van der Waals surface area contributed by atoms with E-state index in [0.29, 0.717) is 22.5 Å². The molecule has 0 saturated carbocycles. The number of nitriles is 2. The molecule has 0 aliphatic heterocycles. The number of Topliss-reactive ketones (excluding diaryl/α,β-unsaturated/α-hetero) is 4. The molecule has 0 bridgehead atoms. The third kappa shape index (κ3) is 6.87. The second-order valence-corrected chi connectivity index (χ2v) is 9.49. The number of allylic oxidation sites excluding steroid dienone is 2. The summed E-state index contributed by atoms with van der Waals surface area (Å²) in [4.78, 5) is 48.1. The fourth-order valence-electron chi connectivity index (χ4n) is 4.35. The largest absolute Gasteiger partial charge is 2.00 e. The molecule has 4 aromatic carbocycles. The van der Waals surface area contributed by atoms with Crippen molar-refractivity contribution in [1.82, 2.24) is 0 Å². The number of azo groups is 2. The van der Waals surface area contributed by atoms with Crippen molar-refractivity contribution in [2.75, 3.05) is 0 Å². The van der Waals surface area contributed by atoms with E-state index in [4.69, 9.17) is 10.5 Å². The summed E-state index contributed by atoms with van der Waals surface area (Å²) in [5.41, 5.74) is 0.747. The number of rotatable bonds is 4. The van der Waals surface area contributed by atoms with Crippen LogP contribution >= 0.6 is 0 Å². The van der Waals surface area contributed by atoms with Crippen molar-refractivity contribution in [3.8, 4) is 12.1 Å². The van der Waals surface area contributed by atoms with Crippen molar-refractivity contribution in [2.24, 2.45) is 20.5 Å². The molecule has 0 atom stereocenters. The zero-order chi connectivity index (χ0) is 32.8. The number of nitrogens with zero attached hydrogens (tertiary/aromatic N) is 6. The van der Waals surface area contributed by atoms with Crippen molar-refractivity contribution >= 4 is 46.0 Å². The Hall–Kier alpha value is -6.66. The molecule has 0 saturated heterocycles. The first-order valence-electron chi connectivity index (χ1n) is 13.3. The molecule has 0 N–H and O–H groups in total. The Morgan fingerprint density at radius 2 is 0.830 bits per heavy atom. The first-order chi connectivity index (χ1) is 22.2. The third-order valence-corrected chi connectivity index (χ3v) is 6.59. The first-order valence-corrected chi connectivity index (χ1v) is 13.3. The molecule has 0 spiro atoms. The fourth-order valence-corrected chi connectivity index (χ4v) is 4.35. The molecular formula is C34H16CuN6O6. The van der Waals surface area contributed by atoms with Crippen LogP contribution in [0.25, 0.3) is 11.5 Å². The Balaban J connectivity index is 0.000000208. The maximum Gasteiger partial charge on any atom is 2.00 e. The molecule has 13 heteroatoms. The van der Waals surface area contributed by atoms with Gasteiger partial charge in [-0.1, -0.05) is 72.2 Å². The molecule has 2 aliphatic rings. The summed E-state index contributed by atoms with van der Waals surface area (Å²) < 4.78 is 0. The Morgan fingerprint density at radius 3 is 1.19 bits per heavy atom. The normalized spacial score (nSPS) is 13.7. The monoisotopic (exact) mass is 667 g/mol. The number of carbonyl (C=O) groups is 4. The minimum absolute atomic E-state index is 0. The van der Waals surface area contributed by atoms with E-state index in [2.05, 4.69) is 20.5 Å². The summed E-state index contributed by atoms with van der Waals surface area (Å²) in [5, 5.41) is 57.1. The number of carbonyl (C=O) groups excluding carboxylic acids is 4. The summed E-state index contributed by atoms with van der Waals surface area (Å²) >= 11 is 0. The quantitative estimate of drug-likeness (QED) is 0.174. The van der Waals surface area contributed by atoms with Gasteiger partial charge in [-0.2, -0.15) is 20.8 Å². The van der Waals surface area contributed by atoms with E-state index in [0.717, 1.165) is 0 Å². The van der Waals surface area contributed by atoms with Crippen LogP contribution < -0.4 is 10.2 Å². The maximum atomic E-state index is 12.3. The van der Waals surface area contributed by atoms with E-state index < -0.39 is 46.0 Å². The molecular weight excluding hydrogens is 652 g/mol. The Morgan fingerprint density at radius 1 is 0.468 bits per heavy atom. The van der Waals surface area contributed by atoms with Gasteiger partial charge < -0.3 is 10.2 Å². The van der Waals surface area contributed by atoms with Gasteiger partial charge in [0.25, 0.3) is 11.6 Å². The molecule has 1 radical (unpaired) electrons. The zero-order valence-electron chi connectivity index (χ0n) is 23.7. The van der Waals surface area contributed by atoms with Gasteiger partial charge in [-0.3, -0.25) is 19.2 Å². The molecule has 0 heterocycles. The Kier molecular flexibility index (Phi) is 10.2. The number of hydrogen-bond acceptors (Lipinski definition) is 12. The van der Waals surface area contributed by atoms with E-state index in [1.54, 1.807) is 60.7 Å². The van der Waals surface area contributed by atoms with Gasteiger partial charge in [0.1, 0.15) is 11.4 Å². The van der Waals surface area contributed by atoms with Crippen LogP contribution in [0.3, 0.4) is 0 Å². The predicted molar refractivity (Wildman–Crippen MR) is 157 cm³/mol. The number of ketones is 4. The summed E-state index contributed by atoms with van der Waals surface area (Å²) in [6.07, 6.45) is 0. The van der Waals surface area contributed by atoms with Gasteiger partial charge in [-0.05, 0) is 47.5 Å². The van der Waals surface area contributed by atoms with Gasteiger partial charge in [0.2, 0.25) is 11.6 Å². The molecule has 0 amide bonds. The van der Waals surface area contributed by atoms with Crippen LogP contribution in [-0.4, -0.2) is 23.1 Å². The predicted octanol–water partition coefficient (Wildman–Crippen LogP) is 4.27. The van der Waals surface area contributed by atoms with E-state index in [1.807, 2.05) is 12.1 Å². The third-order valence-electron chi connectivity index (χ3n) is 6.59. The van der Waals surface area contributed by atoms with Crippen LogP contribution in [-0.2, 0) is 26.7 Å². The van der Waals surface area contributed by atoms with Gasteiger partial charge in [-0.25, -0.2) is 0 Å². The molecule has 6 rings (SSSR count). The summed E-state index contributed by atoms with van der Waals surface area (Å²) in [6.45, 7) is 0. The van der Waals surface area contributed by atoms with Gasteiger partial charge in [-0.15, -0.1) is 10.2 Å². The van der Waals surface area contributed by atoms with Crippen molar-refractivity contribution < 1.29 is 46.5 Å². The van der Waals surface area contributed by atoms with Crippen LogP contribution in [0.2, 0.25) is 0 Å². The topological polar surface area (TPSA) is 211 Å². The van der Waals surface area contributed by atoms with Crippen LogP contribution in [0, 0.1) is 22.7 Å². The minimum atomic E-state index is -0.978. The van der Waals surface area contributed by atoms with Gasteiger partial charge in [0.15, 0.2) is 0 Å². The maximum absolute atomic E-state index is 12.3. The SMILES string of the molecule is N#Cc1cccc(N=NC2=C([O-])c3ccccc3C(=O)C2=O)c1.N#Cc1cccc(N=NC2=C([O-])c3ccccc3C(=O)C2=O)c1.[Cu+2]. The average Bonchev–Trinajstić information content (AvgIpc) is 3.10. The number of benzene rings is 4. The number of fused-ring (bicyclic) bond motifs is 2. The molecule has 4 aromatic rings. The van der Waals surface area contributed by atoms with Gasteiger partial charge >= 0.3 is 17.1 Å². The van der Waals surface area contributed by atoms with Crippen LogP contribution in [0.15, 0.2) is 129 Å². The fraction of sp³-hybridized carbons (Fsp3) is 0. The van der Waals surface area contributed by atoms with E-state index in [-0.39, 0.29) is 39.3 Å². The van der Waals surface area contributed by atoms with E-state index in [9.17, 15) is 29.4 Å². The number of hydrogen-bond donors (Lipinski definition) is 0. The van der Waals surface area contributed by atoms with Crippen molar-refractivity contribution in [2.45, 2.75) is 0 Å². The summed E-state index contributed by atoms with van der Waals surface area (Å²) in [7, 11) is 0. The molecule has 47 heavy (non-hydrogen) atoms. The second-order valence-electron chi connectivity index (χ2n) is 9.49. The van der Waals surface area contributed by atoms with Crippen molar-refractivity contribution in [3.05, 3.63) is 142 Å². The molecule has 0 aromatic heterocycles. The van der Waals surface area contributed by atoms with Crippen LogP contribution in [0.1, 0.15) is 43.0 Å².